The fourth-order valence-electron chi connectivity index (χ4n) is 0.916. The first-order valence-corrected chi connectivity index (χ1v) is 3.89. The quantitative estimate of drug-likeness (QED) is 0.593. The van der Waals surface area contributed by atoms with Gasteiger partial charge >= 0.3 is 0 Å². The van der Waals surface area contributed by atoms with Crippen LogP contribution in [0.5, 0.6) is 0 Å². The van der Waals surface area contributed by atoms with E-state index in [1.807, 2.05) is 6.92 Å². The van der Waals surface area contributed by atoms with Gasteiger partial charge in [0.1, 0.15) is 6.33 Å². The highest BCUT2D eigenvalue weighted by Gasteiger charge is 2.07. The number of rotatable bonds is 1. The summed E-state index contributed by atoms with van der Waals surface area (Å²) < 4.78 is 1.66. The van der Waals surface area contributed by atoms with Gasteiger partial charge in [0, 0.05) is 0 Å². The van der Waals surface area contributed by atoms with Crippen LogP contribution in [0.15, 0.2) is 6.33 Å². The summed E-state index contributed by atoms with van der Waals surface area (Å²) in [6.45, 7) is 1.85. The Morgan fingerprint density at radius 1 is 1.73 bits per heavy atom. The first kappa shape index (κ1) is 6.48. The first-order valence-electron chi connectivity index (χ1n) is 3.07. The topological polar surface area (TPSA) is 47.3 Å². The molecule has 11 heavy (non-hydrogen) atoms. The number of aryl methyl sites for hydroxylation is 1. The Balaban J connectivity index is 2.86. The highest BCUT2D eigenvalue weighted by Crippen LogP contribution is 2.17. The molecule has 2 aromatic rings. The lowest BCUT2D eigenvalue weighted by Crippen LogP contribution is -1.87. The molecule has 0 radical (unpaired) electrons. The van der Waals surface area contributed by atoms with Crippen LogP contribution in [0.2, 0.25) is 0 Å². The van der Waals surface area contributed by atoms with Gasteiger partial charge in [0.15, 0.2) is 6.29 Å². The Hall–Kier alpha value is -1.23. The molecule has 0 unspecified atom stereocenters. The van der Waals surface area contributed by atoms with E-state index in [1.54, 1.807) is 4.52 Å². The summed E-state index contributed by atoms with van der Waals surface area (Å²) in [5.74, 6) is 0. The minimum atomic E-state index is 0.695. The Kier molecular flexibility index (Phi) is 1.25. The predicted molar refractivity (Wildman–Crippen MR) is 41.0 cm³/mol. The van der Waals surface area contributed by atoms with Gasteiger partial charge in [0.05, 0.1) is 10.6 Å². The minimum absolute atomic E-state index is 0.695. The number of fused-ring (bicyclic) bond motifs is 1. The van der Waals surface area contributed by atoms with E-state index in [1.165, 1.54) is 17.7 Å². The highest BCUT2D eigenvalue weighted by molar-refractivity contribution is 7.18. The SMILES string of the molecule is Cc1c(C=O)sc2ncnn12. The van der Waals surface area contributed by atoms with E-state index in [9.17, 15) is 4.79 Å². The van der Waals surface area contributed by atoms with Crippen LogP contribution in [0.1, 0.15) is 15.4 Å². The van der Waals surface area contributed by atoms with Crippen molar-refractivity contribution in [2.75, 3.05) is 0 Å². The van der Waals surface area contributed by atoms with Crippen LogP contribution in [0.25, 0.3) is 4.96 Å². The Morgan fingerprint density at radius 2 is 2.55 bits per heavy atom. The Bertz CT molecular complexity index is 403. The molecule has 0 N–H and O–H groups in total. The number of thiazole rings is 1. The highest BCUT2D eigenvalue weighted by atomic mass is 32.1. The van der Waals surface area contributed by atoms with Gasteiger partial charge in [-0.1, -0.05) is 11.3 Å². The number of carbonyl (C=O) groups is 1. The molecule has 0 amide bonds. The molecule has 2 aromatic heterocycles. The zero-order valence-corrected chi connectivity index (χ0v) is 6.63. The third-order valence-electron chi connectivity index (χ3n) is 1.50. The summed E-state index contributed by atoms with van der Waals surface area (Å²) in [7, 11) is 0. The first-order chi connectivity index (χ1) is 5.33. The predicted octanol–water partition coefficient (Wildman–Crippen LogP) is 0.912. The molecule has 4 nitrogen and oxygen atoms in total. The smallest absolute Gasteiger partial charge is 0.212 e. The normalized spacial score (nSPS) is 10.6. The number of hydrogen-bond donors (Lipinski definition) is 0. The van der Waals surface area contributed by atoms with Gasteiger partial charge < -0.3 is 0 Å². The van der Waals surface area contributed by atoms with Gasteiger partial charge in [0.25, 0.3) is 0 Å². The Morgan fingerprint density at radius 3 is 3.18 bits per heavy atom. The maximum absolute atomic E-state index is 10.4. The fraction of sp³-hybridized carbons (Fsp3) is 0.167. The van der Waals surface area contributed by atoms with Crippen molar-refractivity contribution in [3.63, 3.8) is 0 Å². The van der Waals surface area contributed by atoms with E-state index >= 15 is 0 Å². The monoisotopic (exact) mass is 167 g/mol. The maximum Gasteiger partial charge on any atom is 0.212 e. The standard InChI is InChI=1S/C6H5N3OS/c1-4-5(2-10)11-6-7-3-8-9(4)6/h2-3H,1H3. The molecule has 0 aliphatic carbocycles. The second kappa shape index (κ2) is 2.13. The van der Waals surface area contributed by atoms with Crippen LogP contribution in [-0.4, -0.2) is 20.9 Å². The average molecular weight is 167 g/mol. The van der Waals surface area contributed by atoms with E-state index in [0.29, 0.717) is 4.88 Å². The molecule has 0 atom stereocenters. The van der Waals surface area contributed by atoms with E-state index in [0.717, 1.165) is 16.9 Å². The van der Waals surface area contributed by atoms with Crippen molar-refractivity contribution in [1.29, 1.82) is 0 Å². The van der Waals surface area contributed by atoms with E-state index < -0.39 is 0 Å². The summed E-state index contributed by atoms with van der Waals surface area (Å²) >= 11 is 1.35. The van der Waals surface area contributed by atoms with Crippen LogP contribution in [-0.2, 0) is 0 Å². The molecule has 0 bridgehead atoms. The fourth-order valence-corrected chi connectivity index (χ4v) is 1.77. The lowest BCUT2D eigenvalue weighted by Gasteiger charge is -1.84. The molecular weight excluding hydrogens is 162 g/mol. The van der Waals surface area contributed by atoms with Crippen molar-refractivity contribution < 1.29 is 4.79 Å². The molecule has 2 heterocycles. The van der Waals surface area contributed by atoms with Gasteiger partial charge in [-0.15, -0.1) is 0 Å². The third kappa shape index (κ3) is 0.775. The number of nitrogens with zero attached hydrogens (tertiary/aromatic N) is 3. The molecule has 0 saturated carbocycles. The van der Waals surface area contributed by atoms with Crippen molar-refractivity contribution in [3.05, 3.63) is 16.9 Å². The molecular formula is C6H5N3OS. The molecule has 0 fully saturated rings. The lowest BCUT2D eigenvalue weighted by atomic mass is 10.4. The summed E-state index contributed by atoms with van der Waals surface area (Å²) in [5.41, 5.74) is 0.859. The zero-order chi connectivity index (χ0) is 7.84. The Labute approximate surface area is 66.5 Å². The molecule has 0 aliphatic heterocycles. The number of hydrogen-bond acceptors (Lipinski definition) is 4. The van der Waals surface area contributed by atoms with Gasteiger partial charge in [-0.3, -0.25) is 4.79 Å². The van der Waals surface area contributed by atoms with Crippen molar-refractivity contribution in [2.45, 2.75) is 6.92 Å². The van der Waals surface area contributed by atoms with Gasteiger partial charge in [-0.25, -0.2) is 9.50 Å². The second-order valence-electron chi connectivity index (χ2n) is 2.12. The molecule has 5 heteroatoms. The van der Waals surface area contributed by atoms with Gasteiger partial charge in [-0.05, 0) is 6.92 Å². The number of aldehydes is 1. The van der Waals surface area contributed by atoms with Crippen LogP contribution in [0.4, 0.5) is 0 Å². The lowest BCUT2D eigenvalue weighted by molar-refractivity contribution is 0.112. The van der Waals surface area contributed by atoms with Crippen LogP contribution < -0.4 is 0 Å². The number of aromatic nitrogens is 3. The average Bonchev–Trinajstić information content (AvgIpc) is 2.53. The van der Waals surface area contributed by atoms with Crippen molar-refractivity contribution >= 4 is 22.6 Å². The van der Waals surface area contributed by atoms with Crippen LogP contribution in [0.3, 0.4) is 0 Å². The summed E-state index contributed by atoms with van der Waals surface area (Å²) in [6.07, 6.45) is 2.31. The molecule has 0 aliphatic rings. The summed E-state index contributed by atoms with van der Waals surface area (Å²) in [4.78, 5) is 15.9. The molecule has 56 valence electrons. The molecule has 2 rings (SSSR count). The largest absolute Gasteiger partial charge is 0.297 e. The zero-order valence-electron chi connectivity index (χ0n) is 5.81. The van der Waals surface area contributed by atoms with Crippen molar-refractivity contribution in [2.24, 2.45) is 0 Å². The van der Waals surface area contributed by atoms with Crippen molar-refractivity contribution in [1.82, 2.24) is 14.6 Å². The van der Waals surface area contributed by atoms with Gasteiger partial charge in [0.2, 0.25) is 4.96 Å². The van der Waals surface area contributed by atoms with E-state index in [4.69, 9.17) is 0 Å². The minimum Gasteiger partial charge on any atom is -0.297 e. The van der Waals surface area contributed by atoms with Gasteiger partial charge in [-0.2, -0.15) is 5.10 Å². The molecule has 0 saturated heterocycles. The maximum atomic E-state index is 10.4. The van der Waals surface area contributed by atoms with E-state index in [2.05, 4.69) is 10.1 Å². The summed E-state index contributed by atoms with van der Waals surface area (Å²) in [5, 5.41) is 3.94. The molecule has 0 aromatic carbocycles. The van der Waals surface area contributed by atoms with E-state index in [-0.39, 0.29) is 0 Å². The van der Waals surface area contributed by atoms with Crippen LogP contribution >= 0.6 is 11.3 Å². The number of carbonyl (C=O) groups excluding carboxylic acids is 1. The second-order valence-corrected chi connectivity index (χ2v) is 3.13. The van der Waals surface area contributed by atoms with Crippen molar-refractivity contribution in [3.8, 4) is 0 Å². The summed E-state index contributed by atoms with van der Waals surface area (Å²) in [6, 6.07) is 0. The van der Waals surface area contributed by atoms with Crippen LogP contribution in [0, 0.1) is 6.92 Å². The molecule has 0 spiro atoms. The third-order valence-corrected chi connectivity index (χ3v) is 2.57.